The van der Waals surface area contributed by atoms with Gasteiger partial charge < -0.3 is 42.5 Å². The second kappa shape index (κ2) is 19.7. The second-order valence-corrected chi connectivity index (χ2v) is 13.5. The van der Waals surface area contributed by atoms with Crippen molar-refractivity contribution in [2.45, 2.75) is 110 Å². The third-order valence-electron chi connectivity index (χ3n) is 7.07. The first-order chi connectivity index (χ1) is 22.7. The van der Waals surface area contributed by atoms with Crippen LogP contribution in [0.1, 0.15) is 79.2 Å². The molecule has 0 fully saturated rings. The van der Waals surface area contributed by atoms with Gasteiger partial charge >= 0.3 is 11.9 Å². The van der Waals surface area contributed by atoms with Crippen molar-refractivity contribution in [3.8, 4) is 0 Å². The van der Waals surface area contributed by atoms with Crippen LogP contribution in [-0.4, -0.2) is 87.8 Å². The minimum absolute atomic E-state index is 0.0188. The molecule has 1 aromatic rings. The Labute approximate surface area is 285 Å². The molecule has 0 aliphatic carbocycles. The van der Waals surface area contributed by atoms with Crippen LogP contribution in [0.5, 0.6) is 0 Å². The average Bonchev–Trinajstić information content (AvgIpc) is 2.96. The summed E-state index contributed by atoms with van der Waals surface area (Å²) in [6.07, 6.45) is -1.23. The summed E-state index contributed by atoms with van der Waals surface area (Å²) < 4.78 is 0. The van der Waals surface area contributed by atoms with E-state index in [0.717, 1.165) is 6.92 Å². The van der Waals surface area contributed by atoms with Gasteiger partial charge in [0.1, 0.15) is 30.2 Å². The summed E-state index contributed by atoms with van der Waals surface area (Å²) in [5, 5.41) is 31.5. The summed E-state index contributed by atoms with van der Waals surface area (Å²) in [5.74, 6) is -7.77. The lowest BCUT2D eigenvalue weighted by atomic mass is 9.87. The third-order valence-corrected chi connectivity index (χ3v) is 7.07. The van der Waals surface area contributed by atoms with Crippen molar-refractivity contribution in [3.05, 3.63) is 35.9 Å². The molecule has 0 aliphatic rings. The standard InChI is InChI=1S/C33H50N6O10/c1-18(2)14-22(29(45)38-24(32(48)49)15-20-10-8-7-9-11-20)36-30(46)23(16-27(42)43)37-31(47)25(17-33(4,5)6)39-28(44)21(35-19(3)40)12-13-26(34)41/h7-11,18,21-25H,12-17H2,1-6H3,(H2,34,41)(H,35,40)(H,36,46)(H,37,47)(H,38,45)(H,39,44)(H,42,43)(H,48,49)/t21-,22-,23-,24-,25?/m0/s1. The summed E-state index contributed by atoms with van der Waals surface area (Å²) in [7, 11) is 0. The van der Waals surface area contributed by atoms with Gasteiger partial charge in [0, 0.05) is 19.8 Å². The Balaban J connectivity index is 3.26. The molecule has 1 unspecified atom stereocenters. The summed E-state index contributed by atoms with van der Waals surface area (Å²) in [5.41, 5.74) is 5.27. The van der Waals surface area contributed by atoms with E-state index in [-0.39, 0.29) is 38.0 Å². The zero-order chi connectivity index (χ0) is 37.5. The van der Waals surface area contributed by atoms with E-state index in [9.17, 15) is 48.6 Å². The molecule has 0 heterocycles. The number of primary amides is 1. The predicted octanol–water partition coefficient (Wildman–Crippen LogP) is -0.0199. The molecule has 16 heteroatoms. The number of rotatable bonds is 20. The van der Waals surface area contributed by atoms with Crippen molar-refractivity contribution in [2.24, 2.45) is 17.1 Å². The Morgan fingerprint density at radius 1 is 0.714 bits per heavy atom. The fourth-order valence-corrected chi connectivity index (χ4v) is 4.85. The summed E-state index contributed by atoms with van der Waals surface area (Å²) in [6, 6.07) is 1.75. The van der Waals surface area contributed by atoms with Gasteiger partial charge in [0.05, 0.1) is 6.42 Å². The van der Waals surface area contributed by atoms with Gasteiger partial charge in [-0.25, -0.2) is 4.79 Å². The highest BCUT2D eigenvalue weighted by atomic mass is 16.4. The van der Waals surface area contributed by atoms with E-state index in [1.807, 2.05) is 0 Å². The minimum Gasteiger partial charge on any atom is -0.481 e. The zero-order valence-corrected chi connectivity index (χ0v) is 28.8. The van der Waals surface area contributed by atoms with Crippen molar-refractivity contribution in [1.29, 1.82) is 0 Å². The normalized spacial score (nSPS) is 14.3. The molecule has 1 rings (SSSR count). The Kier molecular flexibility index (Phi) is 16.9. The number of hydrogen-bond acceptors (Lipinski definition) is 8. The maximum absolute atomic E-state index is 13.6. The number of benzene rings is 1. The van der Waals surface area contributed by atoms with Gasteiger partial charge in [0.2, 0.25) is 35.4 Å². The van der Waals surface area contributed by atoms with E-state index < -0.39 is 89.4 Å². The van der Waals surface area contributed by atoms with Gasteiger partial charge in [-0.2, -0.15) is 0 Å². The van der Waals surface area contributed by atoms with Crippen LogP contribution in [0.4, 0.5) is 0 Å². The molecule has 5 atom stereocenters. The highest BCUT2D eigenvalue weighted by Gasteiger charge is 2.35. The Morgan fingerprint density at radius 2 is 1.20 bits per heavy atom. The van der Waals surface area contributed by atoms with E-state index in [4.69, 9.17) is 5.73 Å². The van der Waals surface area contributed by atoms with Crippen molar-refractivity contribution < 1.29 is 48.6 Å². The monoisotopic (exact) mass is 690 g/mol. The van der Waals surface area contributed by atoms with Gasteiger partial charge in [-0.05, 0) is 36.2 Å². The Morgan fingerprint density at radius 3 is 1.69 bits per heavy atom. The van der Waals surface area contributed by atoms with Crippen LogP contribution in [0.25, 0.3) is 0 Å². The molecule has 0 spiro atoms. The molecule has 272 valence electrons. The lowest BCUT2D eigenvalue weighted by molar-refractivity contribution is -0.143. The smallest absolute Gasteiger partial charge is 0.326 e. The predicted molar refractivity (Wildman–Crippen MR) is 177 cm³/mol. The Hall–Kier alpha value is -5.02. The minimum atomic E-state index is -1.70. The van der Waals surface area contributed by atoms with Crippen LogP contribution in [-0.2, 0) is 44.8 Å². The van der Waals surface area contributed by atoms with Gasteiger partial charge in [-0.15, -0.1) is 0 Å². The van der Waals surface area contributed by atoms with Crippen molar-refractivity contribution in [1.82, 2.24) is 26.6 Å². The number of carboxylic acids is 2. The SMILES string of the molecule is CC(=O)N[C@@H](CCC(N)=O)C(=O)NC(CC(C)(C)C)C(=O)N[C@@H](CC(=O)O)C(=O)N[C@@H](CC(C)C)C(=O)N[C@@H](Cc1ccccc1)C(=O)O. The highest BCUT2D eigenvalue weighted by molar-refractivity contribution is 5.97. The number of nitrogens with two attached hydrogens (primary N) is 1. The molecule has 0 aromatic heterocycles. The van der Waals surface area contributed by atoms with Gasteiger partial charge in [-0.3, -0.25) is 33.6 Å². The fraction of sp³-hybridized carbons (Fsp3) is 0.576. The third kappa shape index (κ3) is 17.1. The molecule has 0 aliphatic heterocycles. The van der Waals surface area contributed by atoms with Crippen molar-refractivity contribution >= 4 is 47.4 Å². The van der Waals surface area contributed by atoms with Crippen LogP contribution in [0.2, 0.25) is 0 Å². The topological polar surface area (TPSA) is 263 Å². The van der Waals surface area contributed by atoms with E-state index in [1.54, 1.807) is 65.0 Å². The molecular weight excluding hydrogens is 640 g/mol. The zero-order valence-electron chi connectivity index (χ0n) is 28.8. The first-order valence-electron chi connectivity index (χ1n) is 15.9. The van der Waals surface area contributed by atoms with Gasteiger partial charge in [0.15, 0.2) is 0 Å². The van der Waals surface area contributed by atoms with Crippen molar-refractivity contribution in [3.63, 3.8) is 0 Å². The molecular formula is C33H50N6O10. The number of carbonyl (C=O) groups excluding carboxylic acids is 6. The van der Waals surface area contributed by atoms with Gasteiger partial charge in [0.25, 0.3) is 0 Å². The molecule has 9 N–H and O–H groups in total. The lowest BCUT2D eigenvalue weighted by Crippen LogP contribution is -2.59. The van der Waals surface area contributed by atoms with Crippen LogP contribution < -0.4 is 32.3 Å². The van der Waals surface area contributed by atoms with E-state index in [2.05, 4.69) is 26.6 Å². The van der Waals surface area contributed by atoms with E-state index in [0.29, 0.717) is 5.56 Å². The number of hydrogen-bond donors (Lipinski definition) is 8. The van der Waals surface area contributed by atoms with Crippen LogP contribution in [0, 0.1) is 11.3 Å². The molecule has 16 nitrogen and oxygen atoms in total. The second-order valence-electron chi connectivity index (χ2n) is 13.5. The number of carbonyl (C=O) groups is 8. The molecule has 0 radical (unpaired) electrons. The number of carboxylic acid groups (broad SMARTS) is 2. The first-order valence-corrected chi connectivity index (χ1v) is 15.9. The van der Waals surface area contributed by atoms with Crippen LogP contribution >= 0.6 is 0 Å². The summed E-state index contributed by atoms with van der Waals surface area (Å²) >= 11 is 0. The molecule has 6 amide bonds. The summed E-state index contributed by atoms with van der Waals surface area (Å²) in [6.45, 7) is 10.0. The molecule has 0 saturated carbocycles. The van der Waals surface area contributed by atoms with E-state index in [1.165, 1.54) is 0 Å². The summed E-state index contributed by atoms with van der Waals surface area (Å²) in [4.78, 5) is 100. The number of nitrogens with one attached hydrogen (secondary N) is 5. The first kappa shape index (κ1) is 42.0. The maximum atomic E-state index is 13.6. The number of aliphatic carboxylic acids is 2. The maximum Gasteiger partial charge on any atom is 0.326 e. The van der Waals surface area contributed by atoms with Crippen LogP contribution in [0.3, 0.4) is 0 Å². The van der Waals surface area contributed by atoms with Crippen LogP contribution in [0.15, 0.2) is 30.3 Å². The highest BCUT2D eigenvalue weighted by Crippen LogP contribution is 2.21. The fourth-order valence-electron chi connectivity index (χ4n) is 4.85. The molecule has 0 saturated heterocycles. The largest absolute Gasteiger partial charge is 0.481 e. The molecule has 0 bridgehead atoms. The van der Waals surface area contributed by atoms with Gasteiger partial charge in [-0.1, -0.05) is 65.0 Å². The quantitative estimate of drug-likeness (QED) is 0.0906. The molecule has 49 heavy (non-hydrogen) atoms. The van der Waals surface area contributed by atoms with Crippen molar-refractivity contribution in [2.75, 3.05) is 0 Å². The lowest BCUT2D eigenvalue weighted by Gasteiger charge is -2.29. The average molecular weight is 691 g/mol. The Bertz CT molecular complexity index is 1340. The molecule has 1 aromatic carbocycles. The van der Waals surface area contributed by atoms with E-state index >= 15 is 0 Å². The number of amides is 6.